The fraction of sp³-hybridized carbons (Fsp3) is 0.529. The fourth-order valence-corrected chi connectivity index (χ4v) is 2.80. The third kappa shape index (κ3) is 6.21. The summed E-state index contributed by atoms with van der Waals surface area (Å²) in [5, 5.41) is 6.27. The first kappa shape index (κ1) is 20.0. The average Bonchev–Trinajstić information content (AvgIpc) is 3.03. The zero-order valence-electron chi connectivity index (χ0n) is 14.8. The van der Waals surface area contributed by atoms with Crippen LogP contribution in [-0.2, 0) is 11.3 Å². The Morgan fingerprint density at radius 3 is 2.62 bits per heavy atom. The number of aliphatic imine (C=N–C) groups is 1. The van der Waals surface area contributed by atoms with E-state index in [0.717, 1.165) is 5.56 Å². The van der Waals surface area contributed by atoms with E-state index in [9.17, 15) is 18.0 Å². The normalized spacial score (nSPS) is 18.7. The summed E-state index contributed by atoms with van der Waals surface area (Å²) in [7, 11) is 2.93. The Morgan fingerprint density at radius 2 is 2.04 bits per heavy atom. The van der Waals surface area contributed by atoms with Crippen LogP contribution in [0.1, 0.15) is 22.3 Å². The molecule has 1 heterocycles. The smallest absolute Gasteiger partial charge is 0.401 e. The van der Waals surface area contributed by atoms with Crippen LogP contribution in [0.25, 0.3) is 0 Å². The van der Waals surface area contributed by atoms with Gasteiger partial charge in [-0.25, -0.2) is 4.79 Å². The van der Waals surface area contributed by atoms with Crippen molar-refractivity contribution >= 4 is 11.9 Å². The van der Waals surface area contributed by atoms with E-state index in [-0.39, 0.29) is 6.04 Å². The van der Waals surface area contributed by atoms with Crippen LogP contribution >= 0.6 is 0 Å². The average molecular weight is 372 g/mol. The number of alkyl halides is 3. The second kappa shape index (κ2) is 8.88. The summed E-state index contributed by atoms with van der Waals surface area (Å²) >= 11 is 0. The SMILES string of the molecule is CN=C(NCc1ccc(C(=O)OC)cc1)NC1CCN(CC(F)(F)F)C1. The molecule has 26 heavy (non-hydrogen) atoms. The molecule has 9 heteroatoms. The van der Waals surface area contributed by atoms with Crippen molar-refractivity contribution in [2.24, 2.45) is 4.99 Å². The Bertz CT molecular complexity index is 632. The molecule has 6 nitrogen and oxygen atoms in total. The molecule has 2 N–H and O–H groups in total. The number of likely N-dealkylation sites (tertiary alicyclic amines) is 1. The number of halogens is 3. The first-order valence-electron chi connectivity index (χ1n) is 8.24. The van der Waals surface area contributed by atoms with Crippen molar-refractivity contribution < 1.29 is 22.7 Å². The summed E-state index contributed by atoms with van der Waals surface area (Å²) in [4.78, 5) is 16.9. The zero-order valence-corrected chi connectivity index (χ0v) is 14.8. The highest BCUT2D eigenvalue weighted by Crippen LogP contribution is 2.19. The number of nitrogens with zero attached hydrogens (tertiary/aromatic N) is 2. The highest BCUT2D eigenvalue weighted by molar-refractivity contribution is 5.89. The highest BCUT2D eigenvalue weighted by Gasteiger charge is 2.34. The lowest BCUT2D eigenvalue weighted by molar-refractivity contribution is -0.143. The van der Waals surface area contributed by atoms with Gasteiger partial charge >= 0.3 is 12.1 Å². The maximum absolute atomic E-state index is 12.4. The number of ether oxygens (including phenoxy) is 1. The summed E-state index contributed by atoms with van der Waals surface area (Å²) in [6.07, 6.45) is -3.55. The Morgan fingerprint density at radius 1 is 1.35 bits per heavy atom. The third-order valence-electron chi connectivity index (χ3n) is 4.07. The minimum absolute atomic E-state index is 0.0785. The van der Waals surface area contributed by atoms with Gasteiger partial charge in [0.05, 0.1) is 19.2 Å². The van der Waals surface area contributed by atoms with Crippen molar-refractivity contribution in [3.63, 3.8) is 0 Å². The van der Waals surface area contributed by atoms with E-state index in [1.165, 1.54) is 12.0 Å². The molecule has 0 amide bonds. The molecule has 1 aromatic rings. The predicted octanol–water partition coefficient (Wildman–Crippen LogP) is 1.77. The Hall–Kier alpha value is -2.29. The van der Waals surface area contributed by atoms with Crippen LogP contribution in [0, 0.1) is 0 Å². The van der Waals surface area contributed by atoms with Crippen molar-refractivity contribution in [1.29, 1.82) is 0 Å². The molecule has 0 aliphatic carbocycles. The monoisotopic (exact) mass is 372 g/mol. The number of esters is 1. The van der Waals surface area contributed by atoms with Gasteiger partial charge in [-0.3, -0.25) is 9.89 Å². The molecule has 1 aliphatic heterocycles. The molecule has 1 unspecified atom stereocenters. The lowest BCUT2D eigenvalue weighted by atomic mass is 10.1. The van der Waals surface area contributed by atoms with Crippen LogP contribution < -0.4 is 10.6 Å². The quantitative estimate of drug-likeness (QED) is 0.469. The molecule has 1 saturated heterocycles. The van der Waals surface area contributed by atoms with Crippen LogP contribution in [0.2, 0.25) is 0 Å². The van der Waals surface area contributed by atoms with Crippen LogP contribution in [0.3, 0.4) is 0 Å². The second-order valence-corrected chi connectivity index (χ2v) is 6.09. The highest BCUT2D eigenvalue weighted by atomic mass is 19.4. The molecular formula is C17H23F3N4O2. The number of hydrogen-bond donors (Lipinski definition) is 2. The van der Waals surface area contributed by atoms with E-state index in [4.69, 9.17) is 0 Å². The molecule has 0 aromatic heterocycles. The zero-order chi connectivity index (χ0) is 19.2. The van der Waals surface area contributed by atoms with Gasteiger partial charge in [0.15, 0.2) is 5.96 Å². The van der Waals surface area contributed by atoms with Crippen LogP contribution in [-0.4, -0.2) is 62.8 Å². The summed E-state index contributed by atoms with van der Waals surface area (Å²) in [5.74, 6) is 0.132. The molecule has 1 aromatic carbocycles. The van der Waals surface area contributed by atoms with Crippen molar-refractivity contribution in [1.82, 2.24) is 15.5 Å². The van der Waals surface area contributed by atoms with E-state index >= 15 is 0 Å². The number of benzene rings is 1. The van der Waals surface area contributed by atoms with E-state index < -0.39 is 18.7 Å². The van der Waals surface area contributed by atoms with Gasteiger partial charge in [0.1, 0.15) is 0 Å². The lowest BCUT2D eigenvalue weighted by Crippen LogP contribution is -2.44. The number of rotatable bonds is 5. The van der Waals surface area contributed by atoms with Crippen molar-refractivity contribution in [2.45, 2.75) is 25.2 Å². The summed E-state index contributed by atoms with van der Waals surface area (Å²) in [6, 6.07) is 6.86. The van der Waals surface area contributed by atoms with E-state index in [1.54, 1.807) is 31.3 Å². The minimum atomic E-state index is -4.18. The van der Waals surface area contributed by atoms with Crippen molar-refractivity contribution in [2.75, 3.05) is 33.8 Å². The molecular weight excluding hydrogens is 349 g/mol. The van der Waals surface area contributed by atoms with Gasteiger partial charge in [-0.05, 0) is 24.1 Å². The van der Waals surface area contributed by atoms with Crippen LogP contribution in [0.4, 0.5) is 13.2 Å². The number of carbonyl (C=O) groups is 1. The number of methoxy groups -OCH3 is 1. The lowest BCUT2D eigenvalue weighted by Gasteiger charge is -2.19. The number of nitrogens with one attached hydrogen (secondary N) is 2. The van der Waals surface area contributed by atoms with Gasteiger partial charge in [0.2, 0.25) is 0 Å². The first-order chi connectivity index (χ1) is 12.3. The topological polar surface area (TPSA) is 66.0 Å². The molecule has 144 valence electrons. The molecule has 1 aliphatic rings. The summed E-state index contributed by atoms with van der Waals surface area (Å²) < 4.78 is 42.0. The second-order valence-electron chi connectivity index (χ2n) is 6.09. The van der Waals surface area contributed by atoms with Crippen LogP contribution in [0.15, 0.2) is 29.3 Å². The predicted molar refractivity (Wildman–Crippen MR) is 92.0 cm³/mol. The van der Waals surface area contributed by atoms with E-state index in [2.05, 4.69) is 20.4 Å². The number of hydrogen-bond acceptors (Lipinski definition) is 4. The Balaban J connectivity index is 1.80. The molecule has 1 atom stereocenters. The number of guanidine groups is 1. The van der Waals surface area contributed by atoms with Gasteiger partial charge in [0.25, 0.3) is 0 Å². The molecule has 0 bridgehead atoms. The van der Waals surface area contributed by atoms with Gasteiger partial charge in [0, 0.05) is 32.7 Å². The first-order valence-corrected chi connectivity index (χ1v) is 8.24. The van der Waals surface area contributed by atoms with Crippen molar-refractivity contribution in [3.8, 4) is 0 Å². The molecule has 2 rings (SSSR count). The largest absolute Gasteiger partial charge is 0.465 e. The molecule has 0 spiro atoms. The maximum Gasteiger partial charge on any atom is 0.401 e. The van der Waals surface area contributed by atoms with Crippen molar-refractivity contribution in [3.05, 3.63) is 35.4 Å². The number of carbonyl (C=O) groups excluding carboxylic acids is 1. The minimum Gasteiger partial charge on any atom is -0.465 e. The fourth-order valence-electron chi connectivity index (χ4n) is 2.80. The Labute approximate surface area is 150 Å². The van der Waals surface area contributed by atoms with Gasteiger partial charge in [-0.2, -0.15) is 13.2 Å². The summed E-state index contributed by atoms with van der Waals surface area (Å²) in [6.45, 7) is 0.320. The maximum atomic E-state index is 12.4. The van der Waals surface area contributed by atoms with Crippen LogP contribution in [0.5, 0.6) is 0 Å². The standard InChI is InChI=1S/C17H23F3N4O2/c1-21-16(23-14-7-8-24(10-14)11-17(18,19)20)22-9-12-3-5-13(6-4-12)15(25)26-2/h3-6,14H,7-11H2,1-2H3,(H2,21,22,23). The summed E-state index contributed by atoms with van der Waals surface area (Å²) in [5.41, 5.74) is 1.40. The third-order valence-corrected chi connectivity index (χ3v) is 4.07. The Kier molecular flexibility index (Phi) is 6.84. The van der Waals surface area contributed by atoms with E-state index in [0.29, 0.717) is 37.6 Å². The van der Waals surface area contributed by atoms with E-state index in [1.807, 2.05) is 0 Å². The van der Waals surface area contributed by atoms with Gasteiger partial charge in [-0.15, -0.1) is 0 Å². The van der Waals surface area contributed by atoms with Gasteiger partial charge in [-0.1, -0.05) is 12.1 Å². The molecule has 0 saturated carbocycles. The molecule has 0 radical (unpaired) electrons. The van der Waals surface area contributed by atoms with Gasteiger partial charge < -0.3 is 15.4 Å². The molecule has 1 fully saturated rings.